The minimum atomic E-state index is 0.111. The molecule has 4 nitrogen and oxygen atoms in total. The molecule has 1 fully saturated rings. The molecule has 0 atom stereocenters. The third-order valence-corrected chi connectivity index (χ3v) is 4.62. The minimum absolute atomic E-state index is 0.111. The first-order valence-electron chi connectivity index (χ1n) is 7.72. The van der Waals surface area contributed by atoms with Crippen molar-refractivity contribution in [2.45, 2.75) is 39.5 Å². The molecule has 1 aliphatic rings. The summed E-state index contributed by atoms with van der Waals surface area (Å²) in [7, 11) is 1.66. The fourth-order valence-corrected chi connectivity index (χ4v) is 3.17. The summed E-state index contributed by atoms with van der Waals surface area (Å²) in [6.07, 6.45) is 4.00. The van der Waals surface area contributed by atoms with Gasteiger partial charge in [-0.1, -0.05) is 6.07 Å². The van der Waals surface area contributed by atoms with Gasteiger partial charge in [-0.2, -0.15) is 0 Å². The highest BCUT2D eigenvalue weighted by Gasteiger charge is 2.26. The Morgan fingerprint density at radius 1 is 1.29 bits per heavy atom. The number of hydrogen-bond acceptors (Lipinski definition) is 3. The monoisotopic (exact) mass is 290 g/mol. The Kier molecular flexibility index (Phi) is 5.23. The molecule has 0 aromatic heterocycles. The molecule has 1 saturated carbocycles. The zero-order chi connectivity index (χ0) is 15.4. The van der Waals surface area contributed by atoms with E-state index in [0.29, 0.717) is 5.92 Å². The standard InChI is InChI=1S/C17H26N2O2/c1-11-4-9-15(12(2)16(11)21-3)19-17(20)14-7-5-13(10-18)6-8-14/h4,9,13-14H,5-8,10,18H2,1-3H3,(H,19,20). The Balaban J connectivity index is 2.03. The molecule has 0 unspecified atom stereocenters. The first-order valence-corrected chi connectivity index (χ1v) is 7.72. The molecule has 0 spiro atoms. The lowest BCUT2D eigenvalue weighted by Gasteiger charge is -2.27. The highest BCUT2D eigenvalue weighted by Crippen LogP contribution is 2.32. The Labute approximate surface area is 127 Å². The zero-order valence-electron chi connectivity index (χ0n) is 13.2. The second-order valence-corrected chi connectivity index (χ2v) is 6.03. The van der Waals surface area contributed by atoms with E-state index >= 15 is 0 Å². The van der Waals surface area contributed by atoms with Crippen molar-refractivity contribution in [2.24, 2.45) is 17.6 Å². The molecule has 116 valence electrons. The van der Waals surface area contributed by atoms with E-state index in [1.807, 2.05) is 26.0 Å². The van der Waals surface area contributed by atoms with Crippen LogP contribution in [-0.2, 0) is 4.79 Å². The molecular weight excluding hydrogens is 264 g/mol. The number of nitrogens with two attached hydrogens (primary N) is 1. The van der Waals surface area contributed by atoms with Crippen LogP contribution in [0.4, 0.5) is 5.69 Å². The molecular formula is C17H26N2O2. The van der Waals surface area contributed by atoms with Crippen LogP contribution in [0.25, 0.3) is 0 Å². The number of amides is 1. The van der Waals surface area contributed by atoms with E-state index < -0.39 is 0 Å². The molecule has 3 N–H and O–H groups in total. The van der Waals surface area contributed by atoms with Crippen LogP contribution >= 0.6 is 0 Å². The number of carbonyl (C=O) groups is 1. The van der Waals surface area contributed by atoms with E-state index in [2.05, 4.69) is 5.32 Å². The average molecular weight is 290 g/mol. The zero-order valence-corrected chi connectivity index (χ0v) is 13.2. The highest BCUT2D eigenvalue weighted by atomic mass is 16.5. The van der Waals surface area contributed by atoms with E-state index in [9.17, 15) is 4.79 Å². The predicted octanol–water partition coefficient (Wildman–Crippen LogP) is 3.02. The number of nitrogens with one attached hydrogen (secondary N) is 1. The lowest BCUT2D eigenvalue weighted by atomic mass is 9.81. The molecule has 0 saturated heterocycles. The van der Waals surface area contributed by atoms with Crippen LogP contribution in [0.3, 0.4) is 0 Å². The van der Waals surface area contributed by atoms with Crippen LogP contribution in [0.5, 0.6) is 5.75 Å². The summed E-state index contributed by atoms with van der Waals surface area (Å²) in [6.45, 7) is 4.72. The molecule has 21 heavy (non-hydrogen) atoms. The summed E-state index contributed by atoms with van der Waals surface area (Å²) in [5.41, 5.74) is 8.62. The van der Waals surface area contributed by atoms with Crippen molar-refractivity contribution in [1.29, 1.82) is 0 Å². The smallest absolute Gasteiger partial charge is 0.227 e. The largest absolute Gasteiger partial charge is 0.496 e. The van der Waals surface area contributed by atoms with E-state index in [-0.39, 0.29) is 11.8 Å². The normalized spacial score (nSPS) is 21.9. The SMILES string of the molecule is COc1c(C)ccc(NC(=O)C2CCC(CN)CC2)c1C. The van der Waals surface area contributed by atoms with Gasteiger partial charge in [0.1, 0.15) is 5.75 Å². The van der Waals surface area contributed by atoms with E-state index in [4.69, 9.17) is 10.5 Å². The number of hydrogen-bond donors (Lipinski definition) is 2. The van der Waals surface area contributed by atoms with Gasteiger partial charge >= 0.3 is 0 Å². The van der Waals surface area contributed by atoms with Gasteiger partial charge in [0, 0.05) is 17.2 Å². The maximum atomic E-state index is 12.4. The van der Waals surface area contributed by atoms with Crippen molar-refractivity contribution in [3.8, 4) is 5.75 Å². The van der Waals surface area contributed by atoms with E-state index in [1.165, 1.54) is 0 Å². The molecule has 0 aliphatic heterocycles. The minimum Gasteiger partial charge on any atom is -0.496 e. The number of carbonyl (C=O) groups excluding carboxylic acids is 1. The molecule has 1 aromatic carbocycles. The first-order chi connectivity index (χ1) is 10.1. The van der Waals surface area contributed by atoms with Gasteiger partial charge in [0.2, 0.25) is 5.91 Å². The van der Waals surface area contributed by atoms with Gasteiger partial charge in [0.15, 0.2) is 0 Å². The number of methoxy groups -OCH3 is 1. The Hall–Kier alpha value is -1.55. The second-order valence-electron chi connectivity index (χ2n) is 6.03. The fourth-order valence-electron chi connectivity index (χ4n) is 3.17. The molecule has 2 rings (SSSR count). The Morgan fingerprint density at radius 3 is 2.52 bits per heavy atom. The van der Waals surface area contributed by atoms with Gasteiger partial charge in [0.25, 0.3) is 0 Å². The summed E-state index contributed by atoms with van der Waals surface area (Å²) in [4.78, 5) is 12.4. The Bertz CT molecular complexity index is 506. The number of anilines is 1. The van der Waals surface area contributed by atoms with E-state index in [0.717, 1.165) is 54.8 Å². The molecule has 4 heteroatoms. The van der Waals surface area contributed by atoms with Gasteiger partial charge in [-0.3, -0.25) is 4.79 Å². The van der Waals surface area contributed by atoms with Gasteiger partial charge in [-0.15, -0.1) is 0 Å². The topological polar surface area (TPSA) is 64.3 Å². The molecule has 0 bridgehead atoms. The number of aryl methyl sites for hydroxylation is 1. The molecule has 0 heterocycles. The van der Waals surface area contributed by atoms with Crippen LogP contribution in [0.1, 0.15) is 36.8 Å². The van der Waals surface area contributed by atoms with Crippen LogP contribution < -0.4 is 15.8 Å². The van der Waals surface area contributed by atoms with Crippen LogP contribution in [0.2, 0.25) is 0 Å². The van der Waals surface area contributed by atoms with Crippen LogP contribution in [-0.4, -0.2) is 19.6 Å². The third kappa shape index (κ3) is 3.56. The number of benzene rings is 1. The number of ether oxygens (including phenoxy) is 1. The quantitative estimate of drug-likeness (QED) is 0.896. The van der Waals surface area contributed by atoms with Crippen LogP contribution in [0, 0.1) is 25.7 Å². The van der Waals surface area contributed by atoms with Gasteiger partial charge < -0.3 is 15.8 Å². The second kappa shape index (κ2) is 6.94. The maximum absolute atomic E-state index is 12.4. The van der Waals surface area contributed by atoms with E-state index in [1.54, 1.807) is 7.11 Å². The molecule has 0 radical (unpaired) electrons. The Morgan fingerprint density at radius 2 is 1.95 bits per heavy atom. The number of rotatable bonds is 4. The summed E-state index contributed by atoms with van der Waals surface area (Å²) in [5.74, 6) is 1.67. The predicted molar refractivity (Wildman–Crippen MR) is 85.6 cm³/mol. The van der Waals surface area contributed by atoms with Gasteiger partial charge in [0.05, 0.1) is 7.11 Å². The molecule has 1 amide bonds. The summed E-state index contributed by atoms with van der Waals surface area (Å²) in [6, 6.07) is 3.93. The van der Waals surface area contributed by atoms with Crippen molar-refractivity contribution in [2.75, 3.05) is 19.0 Å². The highest BCUT2D eigenvalue weighted by molar-refractivity contribution is 5.93. The molecule has 1 aromatic rings. The van der Waals surface area contributed by atoms with Gasteiger partial charge in [-0.25, -0.2) is 0 Å². The third-order valence-electron chi connectivity index (χ3n) is 4.62. The van der Waals surface area contributed by atoms with Crippen molar-refractivity contribution in [3.05, 3.63) is 23.3 Å². The molecule has 1 aliphatic carbocycles. The lowest BCUT2D eigenvalue weighted by Crippen LogP contribution is -2.29. The van der Waals surface area contributed by atoms with Crippen molar-refractivity contribution in [1.82, 2.24) is 0 Å². The van der Waals surface area contributed by atoms with Gasteiger partial charge in [-0.05, 0) is 63.6 Å². The summed E-state index contributed by atoms with van der Waals surface area (Å²) >= 11 is 0. The van der Waals surface area contributed by atoms with Crippen LogP contribution in [0.15, 0.2) is 12.1 Å². The van der Waals surface area contributed by atoms with Crippen molar-refractivity contribution in [3.63, 3.8) is 0 Å². The average Bonchev–Trinajstić information content (AvgIpc) is 2.50. The fraction of sp³-hybridized carbons (Fsp3) is 0.588. The van der Waals surface area contributed by atoms with Crippen molar-refractivity contribution >= 4 is 11.6 Å². The lowest BCUT2D eigenvalue weighted by molar-refractivity contribution is -0.121. The summed E-state index contributed by atoms with van der Waals surface area (Å²) in [5, 5.41) is 3.06. The van der Waals surface area contributed by atoms with Crippen molar-refractivity contribution < 1.29 is 9.53 Å². The maximum Gasteiger partial charge on any atom is 0.227 e. The summed E-state index contributed by atoms with van der Waals surface area (Å²) < 4.78 is 5.41. The first kappa shape index (κ1) is 15.8.